The monoisotopic (exact) mass is 352 g/mol. The van der Waals surface area contributed by atoms with Crippen LogP contribution in [0.25, 0.3) is 0 Å². The summed E-state index contributed by atoms with van der Waals surface area (Å²) >= 11 is 0. The van der Waals surface area contributed by atoms with Crippen molar-refractivity contribution in [3.63, 3.8) is 0 Å². The van der Waals surface area contributed by atoms with Gasteiger partial charge in [-0.2, -0.15) is 18.4 Å². The number of phenolic OH excluding ortho intramolecular Hbond substituents is 1. The lowest BCUT2D eigenvalue weighted by Crippen LogP contribution is -2.20. The van der Waals surface area contributed by atoms with Gasteiger partial charge in [0.1, 0.15) is 17.3 Å². The molecule has 0 aliphatic heterocycles. The molecule has 0 spiro atoms. The maximum atomic E-state index is 13.2. The number of nitrogens with one attached hydrogen (secondary N) is 1. The van der Waals surface area contributed by atoms with Gasteiger partial charge in [0, 0.05) is 5.56 Å². The van der Waals surface area contributed by atoms with Crippen LogP contribution in [0, 0.1) is 5.82 Å². The molecule has 0 fully saturated rings. The number of hydrogen-bond donors (Lipinski definition) is 2. The number of ether oxygens (including phenoxy) is 1. The molecule has 2 rings (SSSR count). The fourth-order valence-electron chi connectivity index (χ4n) is 1.92. The molecule has 0 saturated carbocycles. The maximum Gasteiger partial charge on any atom is 0.276 e. The topological polar surface area (TPSA) is 88.0 Å². The number of hydrogen-bond acceptors (Lipinski definition) is 5. The number of sulfonamides is 1. The highest BCUT2D eigenvalue weighted by molar-refractivity contribution is 7.89. The molecule has 2 aromatic carbocycles. The molecule has 6 nitrogen and oxygen atoms in total. The molecular weight excluding hydrogens is 335 g/mol. The molecule has 0 amide bonds. The molecule has 24 heavy (non-hydrogen) atoms. The van der Waals surface area contributed by atoms with Crippen molar-refractivity contribution in [1.82, 2.24) is 4.83 Å². The smallest absolute Gasteiger partial charge is 0.276 e. The maximum absolute atomic E-state index is 13.2. The van der Waals surface area contributed by atoms with Crippen LogP contribution in [0.5, 0.6) is 11.5 Å². The van der Waals surface area contributed by atoms with E-state index in [1.807, 2.05) is 6.92 Å². The quantitative estimate of drug-likeness (QED) is 0.618. The van der Waals surface area contributed by atoms with Gasteiger partial charge in [0.05, 0.1) is 17.2 Å². The largest absolute Gasteiger partial charge is 0.507 e. The summed E-state index contributed by atoms with van der Waals surface area (Å²) in [5.41, 5.74) is 0.228. The van der Waals surface area contributed by atoms with Crippen molar-refractivity contribution < 1.29 is 22.7 Å². The third-order valence-corrected chi connectivity index (χ3v) is 4.35. The van der Waals surface area contributed by atoms with Crippen LogP contribution in [0.4, 0.5) is 4.39 Å². The van der Waals surface area contributed by atoms with E-state index >= 15 is 0 Å². The van der Waals surface area contributed by atoms with Crippen LogP contribution in [0.3, 0.4) is 0 Å². The molecule has 2 N–H and O–H groups in total. The first-order valence-corrected chi connectivity index (χ1v) is 8.59. The Bertz CT molecular complexity index is 849. The molecule has 0 heterocycles. The molecular formula is C16H17FN2O4S. The summed E-state index contributed by atoms with van der Waals surface area (Å²) in [6, 6.07) is 9.18. The molecule has 0 aromatic heterocycles. The van der Waals surface area contributed by atoms with E-state index in [9.17, 15) is 17.9 Å². The van der Waals surface area contributed by atoms with E-state index in [0.717, 1.165) is 12.1 Å². The third-order valence-electron chi connectivity index (χ3n) is 3.13. The van der Waals surface area contributed by atoms with Crippen molar-refractivity contribution in [3.8, 4) is 11.5 Å². The zero-order valence-electron chi connectivity index (χ0n) is 13.2. The van der Waals surface area contributed by atoms with Crippen LogP contribution in [0.1, 0.15) is 19.4 Å². The number of rotatable bonds is 6. The highest BCUT2D eigenvalue weighted by Gasteiger charge is 2.14. The second kappa shape index (κ2) is 7.31. The zero-order chi connectivity index (χ0) is 17.7. The van der Waals surface area contributed by atoms with Crippen LogP contribution < -0.4 is 9.57 Å². The Kier molecular flexibility index (Phi) is 5.40. The van der Waals surface area contributed by atoms with Crippen molar-refractivity contribution >= 4 is 15.7 Å². The van der Waals surface area contributed by atoms with Crippen molar-refractivity contribution in [1.29, 1.82) is 0 Å². The first-order valence-electron chi connectivity index (χ1n) is 7.11. The number of benzene rings is 2. The molecule has 0 radical (unpaired) electrons. The van der Waals surface area contributed by atoms with E-state index < -0.39 is 15.8 Å². The summed E-state index contributed by atoms with van der Waals surface area (Å²) in [6.07, 6.45) is 0. The van der Waals surface area contributed by atoms with E-state index in [2.05, 4.69) is 9.93 Å². The Labute approximate surface area is 139 Å². The Morgan fingerprint density at radius 2 is 1.92 bits per heavy atom. The number of phenols is 1. The fourth-order valence-corrected chi connectivity index (χ4v) is 2.78. The predicted octanol–water partition coefficient (Wildman–Crippen LogP) is 2.63. The Morgan fingerprint density at radius 1 is 1.25 bits per heavy atom. The van der Waals surface area contributed by atoms with Gasteiger partial charge >= 0.3 is 0 Å². The number of hydrazone groups is 1. The van der Waals surface area contributed by atoms with Crippen molar-refractivity contribution in [3.05, 3.63) is 53.8 Å². The number of nitrogens with zero attached hydrogens (tertiary/aromatic N) is 1. The normalized spacial score (nSPS) is 12.0. The summed E-state index contributed by atoms with van der Waals surface area (Å²) in [6.45, 7) is 3.76. The van der Waals surface area contributed by atoms with Gasteiger partial charge in [0.25, 0.3) is 10.0 Å². The summed E-state index contributed by atoms with van der Waals surface area (Å²) in [5.74, 6) is -0.203. The molecule has 8 heteroatoms. The predicted molar refractivity (Wildman–Crippen MR) is 88.2 cm³/mol. The van der Waals surface area contributed by atoms with Gasteiger partial charge in [0.2, 0.25) is 0 Å². The van der Waals surface area contributed by atoms with Crippen molar-refractivity contribution in [2.24, 2.45) is 5.10 Å². The van der Waals surface area contributed by atoms with Crippen LogP contribution >= 0.6 is 0 Å². The molecule has 128 valence electrons. The standard InChI is InChI=1S/C16H17FN2O4S/c1-3-23-13-5-7-14(8-6-13)24(21,22)19-18-11(2)15-10-12(17)4-9-16(15)20/h4-10,19-20H,3H2,1-2H3/b18-11+. The minimum atomic E-state index is -3.89. The van der Waals surface area contributed by atoms with Gasteiger partial charge in [0.15, 0.2) is 0 Å². The average molecular weight is 352 g/mol. The van der Waals surface area contributed by atoms with Gasteiger partial charge in [-0.25, -0.2) is 4.39 Å². The molecule has 0 atom stereocenters. The minimum Gasteiger partial charge on any atom is -0.507 e. The molecule has 0 aliphatic rings. The van der Waals surface area contributed by atoms with Crippen LogP contribution in [0.2, 0.25) is 0 Å². The van der Waals surface area contributed by atoms with Crippen molar-refractivity contribution in [2.45, 2.75) is 18.7 Å². The lowest BCUT2D eigenvalue weighted by atomic mass is 10.1. The number of aromatic hydroxyl groups is 1. The van der Waals surface area contributed by atoms with Crippen LogP contribution in [0.15, 0.2) is 52.5 Å². The number of halogens is 1. The van der Waals surface area contributed by atoms with E-state index in [1.165, 1.54) is 37.3 Å². The van der Waals surface area contributed by atoms with E-state index in [0.29, 0.717) is 12.4 Å². The second-order valence-electron chi connectivity index (χ2n) is 4.86. The van der Waals surface area contributed by atoms with Gasteiger partial charge < -0.3 is 9.84 Å². The van der Waals surface area contributed by atoms with E-state index in [1.54, 1.807) is 0 Å². The average Bonchev–Trinajstić information content (AvgIpc) is 2.56. The summed E-state index contributed by atoms with van der Waals surface area (Å²) in [4.78, 5) is 2.06. The highest BCUT2D eigenvalue weighted by atomic mass is 32.2. The Hall–Kier alpha value is -2.61. The Morgan fingerprint density at radius 3 is 2.54 bits per heavy atom. The zero-order valence-corrected chi connectivity index (χ0v) is 14.0. The summed E-state index contributed by atoms with van der Waals surface area (Å²) in [5, 5.41) is 13.4. The van der Waals surface area contributed by atoms with Gasteiger partial charge in [-0.05, 0) is 56.3 Å². The summed E-state index contributed by atoms with van der Waals surface area (Å²) in [7, 11) is -3.89. The van der Waals surface area contributed by atoms with Gasteiger partial charge in [-0.1, -0.05) is 0 Å². The molecule has 0 bridgehead atoms. The molecule has 0 unspecified atom stereocenters. The van der Waals surface area contributed by atoms with Crippen molar-refractivity contribution in [2.75, 3.05) is 6.61 Å². The fraction of sp³-hybridized carbons (Fsp3) is 0.188. The second-order valence-corrected chi connectivity index (χ2v) is 6.52. The first kappa shape index (κ1) is 17.7. The van der Waals surface area contributed by atoms with E-state index in [-0.39, 0.29) is 21.9 Å². The molecule has 0 aliphatic carbocycles. The SMILES string of the molecule is CCOc1ccc(S(=O)(=O)N/N=C(\C)c2cc(F)ccc2O)cc1. The van der Waals surface area contributed by atoms with Gasteiger partial charge in [-0.3, -0.25) is 0 Å². The first-order chi connectivity index (χ1) is 11.3. The highest BCUT2D eigenvalue weighted by Crippen LogP contribution is 2.19. The molecule has 2 aromatic rings. The Balaban J connectivity index is 2.20. The van der Waals surface area contributed by atoms with Crippen LogP contribution in [-0.4, -0.2) is 25.8 Å². The summed E-state index contributed by atoms with van der Waals surface area (Å²) < 4.78 is 42.9. The minimum absolute atomic E-state index is 0.00553. The third kappa shape index (κ3) is 4.23. The van der Waals surface area contributed by atoms with E-state index in [4.69, 9.17) is 4.74 Å². The lowest BCUT2D eigenvalue weighted by molar-refractivity contribution is 0.340. The van der Waals surface area contributed by atoms with Crippen LogP contribution in [-0.2, 0) is 10.0 Å². The molecule has 0 saturated heterocycles. The van der Waals surface area contributed by atoms with Gasteiger partial charge in [-0.15, -0.1) is 0 Å². The lowest BCUT2D eigenvalue weighted by Gasteiger charge is -2.08.